The molecule has 2 aromatic carbocycles. The Hall–Kier alpha value is -3.07. The molecule has 2 aromatic rings. The van der Waals surface area contributed by atoms with E-state index in [0.717, 1.165) is 6.92 Å². The molecule has 0 bridgehead atoms. The molecule has 0 radical (unpaired) electrons. The van der Waals surface area contributed by atoms with E-state index in [1.165, 1.54) is 24.3 Å². The van der Waals surface area contributed by atoms with Crippen LogP contribution in [-0.4, -0.2) is 39.8 Å². The number of para-hydroxylation sites is 2. The molecule has 0 saturated heterocycles. The van der Waals surface area contributed by atoms with Gasteiger partial charge < -0.3 is 20.6 Å². The second-order valence-corrected chi connectivity index (χ2v) is 6.46. The van der Waals surface area contributed by atoms with Crippen molar-refractivity contribution in [1.82, 2.24) is 4.90 Å². The van der Waals surface area contributed by atoms with Gasteiger partial charge in [0, 0.05) is 13.5 Å². The van der Waals surface area contributed by atoms with Crippen molar-refractivity contribution in [2.75, 3.05) is 10.6 Å². The van der Waals surface area contributed by atoms with Crippen LogP contribution in [-0.2, 0) is 16.1 Å². The van der Waals surface area contributed by atoms with E-state index in [4.69, 9.17) is 0 Å². The van der Waals surface area contributed by atoms with Crippen molar-refractivity contribution in [3.63, 3.8) is 0 Å². The van der Waals surface area contributed by atoms with Crippen LogP contribution >= 0.6 is 0 Å². The van der Waals surface area contributed by atoms with Gasteiger partial charge in [0.2, 0.25) is 5.91 Å². The van der Waals surface area contributed by atoms with Crippen LogP contribution in [0.5, 0.6) is 0 Å². The molecular weight excluding hydrogens is 375 g/mol. The minimum atomic E-state index is -5.25. The summed E-state index contributed by atoms with van der Waals surface area (Å²) in [6.07, 6.45) is -5.25. The molecule has 6 nitrogen and oxygen atoms in total. The maximum atomic E-state index is 14.0. The van der Waals surface area contributed by atoms with E-state index in [1.54, 1.807) is 30.3 Å². The lowest BCUT2D eigenvalue weighted by atomic mass is 9.99. The predicted molar refractivity (Wildman–Crippen MR) is 96.2 cm³/mol. The van der Waals surface area contributed by atoms with Gasteiger partial charge in [-0.3, -0.25) is 9.59 Å². The zero-order valence-corrected chi connectivity index (χ0v) is 14.8. The molecule has 2 amide bonds. The topological polar surface area (TPSA) is 81.7 Å². The number of anilines is 2. The third-order valence-corrected chi connectivity index (χ3v) is 4.50. The first kappa shape index (κ1) is 19.7. The van der Waals surface area contributed by atoms with E-state index in [0.29, 0.717) is 10.5 Å². The molecule has 0 saturated carbocycles. The number of fused-ring (bicyclic) bond motifs is 1. The van der Waals surface area contributed by atoms with Gasteiger partial charge in [-0.1, -0.05) is 42.5 Å². The van der Waals surface area contributed by atoms with Crippen LogP contribution in [0.15, 0.2) is 54.6 Å². The number of nitrogens with zero attached hydrogens (tertiary/aromatic N) is 1. The first-order valence-corrected chi connectivity index (χ1v) is 8.42. The fourth-order valence-corrected chi connectivity index (χ4v) is 3.12. The zero-order valence-electron chi connectivity index (χ0n) is 14.8. The Bertz CT molecular complexity index is 889. The van der Waals surface area contributed by atoms with E-state index < -0.39 is 29.8 Å². The van der Waals surface area contributed by atoms with E-state index in [1.807, 2.05) is 5.32 Å². The number of amides is 2. The Morgan fingerprint density at radius 2 is 1.68 bits per heavy atom. The van der Waals surface area contributed by atoms with Gasteiger partial charge in [0.1, 0.15) is 0 Å². The maximum absolute atomic E-state index is 14.0. The summed E-state index contributed by atoms with van der Waals surface area (Å²) in [5, 5.41) is 15.1. The van der Waals surface area contributed by atoms with Gasteiger partial charge in [-0.25, -0.2) is 0 Å². The third-order valence-electron chi connectivity index (χ3n) is 4.50. The van der Waals surface area contributed by atoms with E-state index in [9.17, 15) is 27.9 Å². The molecule has 2 atom stereocenters. The quantitative estimate of drug-likeness (QED) is 0.749. The summed E-state index contributed by atoms with van der Waals surface area (Å²) in [7, 11) is 0. The van der Waals surface area contributed by atoms with Gasteiger partial charge in [-0.15, -0.1) is 0 Å². The molecule has 1 heterocycles. The number of aliphatic hydroxyl groups is 1. The summed E-state index contributed by atoms with van der Waals surface area (Å²) in [6.45, 7) is 0.760. The Kier molecular flexibility index (Phi) is 5.03. The number of rotatable bonds is 3. The summed E-state index contributed by atoms with van der Waals surface area (Å²) in [5.74, 6) is -1.94. The van der Waals surface area contributed by atoms with Crippen molar-refractivity contribution < 1.29 is 27.9 Å². The Morgan fingerprint density at radius 3 is 2.25 bits per heavy atom. The monoisotopic (exact) mass is 393 g/mol. The Labute approximate surface area is 159 Å². The standard InChI is InChI=1S/C19H18F3N3O3/c1-12(26)25(11-13-7-3-2-4-8-13)16-17(27)23-14-9-5-6-10-15(14)24-18(16,28)19(20,21)22/h2-10,16,24,28H,11H2,1H3,(H,23,27). The lowest BCUT2D eigenvalue weighted by Gasteiger charge is -2.41. The number of halogens is 3. The lowest BCUT2D eigenvalue weighted by Crippen LogP contribution is -2.68. The van der Waals surface area contributed by atoms with Crippen LogP contribution in [0.25, 0.3) is 0 Å². The highest BCUT2D eigenvalue weighted by atomic mass is 19.4. The average molecular weight is 393 g/mol. The number of carbonyl (C=O) groups excluding carboxylic acids is 2. The third kappa shape index (κ3) is 3.53. The number of hydrogen-bond acceptors (Lipinski definition) is 4. The molecule has 3 rings (SSSR count). The van der Waals surface area contributed by atoms with Gasteiger partial charge in [-0.2, -0.15) is 13.2 Å². The normalized spacial score (nSPS) is 21.8. The second-order valence-electron chi connectivity index (χ2n) is 6.46. The van der Waals surface area contributed by atoms with Crippen molar-refractivity contribution in [2.45, 2.75) is 31.4 Å². The largest absolute Gasteiger partial charge is 0.439 e. The number of nitrogens with one attached hydrogen (secondary N) is 2. The molecule has 0 aliphatic carbocycles. The fourth-order valence-electron chi connectivity index (χ4n) is 3.12. The second kappa shape index (κ2) is 7.16. The first-order chi connectivity index (χ1) is 13.1. The summed E-state index contributed by atoms with van der Waals surface area (Å²) in [6, 6.07) is 11.7. The van der Waals surface area contributed by atoms with Crippen molar-refractivity contribution in [3.8, 4) is 0 Å². The van der Waals surface area contributed by atoms with Gasteiger partial charge in [-0.05, 0) is 17.7 Å². The van der Waals surface area contributed by atoms with Gasteiger partial charge in [0.15, 0.2) is 6.04 Å². The molecule has 3 N–H and O–H groups in total. The molecule has 1 aliphatic heterocycles. The van der Waals surface area contributed by atoms with Crippen LogP contribution < -0.4 is 10.6 Å². The predicted octanol–water partition coefficient (Wildman–Crippen LogP) is 2.72. The maximum Gasteiger partial charge on any atom is 0.439 e. The van der Waals surface area contributed by atoms with Crippen LogP contribution in [0.3, 0.4) is 0 Å². The van der Waals surface area contributed by atoms with Crippen LogP contribution in [0.4, 0.5) is 24.5 Å². The molecule has 9 heteroatoms. The highest BCUT2D eigenvalue weighted by Crippen LogP contribution is 2.41. The Morgan fingerprint density at radius 1 is 1.11 bits per heavy atom. The number of carbonyl (C=O) groups is 2. The van der Waals surface area contributed by atoms with Crippen LogP contribution in [0, 0.1) is 0 Å². The summed E-state index contributed by atoms with van der Waals surface area (Å²) in [4.78, 5) is 25.7. The van der Waals surface area contributed by atoms with Crippen molar-refractivity contribution in [1.29, 1.82) is 0 Å². The highest BCUT2D eigenvalue weighted by Gasteiger charge is 2.64. The van der Waals surface area contributed by atoms with Crippen LogP contribution in [0.2, 0.25) is 0 Å². The van der Waals surface area contributed by atoms with Crippen molar-refractivity contribution >= 4 is 23.2 Å². The SMILES string of the molecule is CC(=O)N(Cc1ccccc1)C1C(=O)Nc2ccccc2NC1(O)C(F)(F)F. The number of benzene rings is 2. The Balaban J connectivity index is 2.11. The summed E-state index contributed by atoms with van der Waals surface area (Å²) < 4.78 is 41.9. The van der Waals surface area contributed by atoms with Gasteiger partial charge in [0.05, 0.1) is 11.4 Å². The minimum Gasteiger partial charge on any atom is -0.362 e. The highest BCUT2D eigenvalue weighted by molar-refractivity contribution is 6.02. The van der Waals surface area contributed by atoms with Gasteiger partial charge >= 0.3 is 6.18 Å². The fraction of sp³-hybridized carbons (Fsp3) is 0.263. The van der Waals surface area contributed by atoms with E-state index in [-0.39, 0.29) is 17.9 Å². The summed E-state index contributed by atoms with van der Waals surface area (Å²) >= 11 is 0. The minimum absolute atomic E-state index is 0.0703. The number of hydrogen-bond donors (Lipinski definition) is 3. The smallest absolute Gasteiger partial charge is 0.362 e. The molecule has 28 heavy (non-hydrogen) atoms. The zero-order chi connectivity index (χ0) is 20.5. The molecule has 0 aromatic heterocycles. The number of alkyl halides is 3. The summed E-state index contributed by atoms with van der Waals surface area (Å²) in [5.41, 5.74) is -3.22. The molecule has 0 fully saturated rings. The molecule has 148 valence electrons. The van der Waals surface area contributed by atoms with Crippen molar-refractivity contribution in [3.05, 3.63) is 60.2 Å². The lowest BCUT2D eigenvalue weighted by molar-refractivity contribution is -0.264. The van der Waals surface area contributed by atoms with Gasteiger partial charge in [0.25, 0.3) is 11.6 Å². The van der Waals surface area contributed by atoms with Crippen molar-refractivity contribution in [2.24, 2.45) is 0 Å². The van der Waals surface area contributed by atoms with E-state index >= 15 is 0 Å². The molecule has 2 unspecified atom stereocenters. The molecule has 0 spiro atoms. The average Bonchev–Trinajstić information content (AvgIpc) is 2.73. The first-order valence-electron chi connectivity index (χ1n) is 8.42. The van der Waals surface area contributed by atoms with Crippen LogP contribution in [0.1, 0.15) is 12.5 Å². The molecule has 1 aliphatic rings. The van der Waals surface area contributed by atoms with E-state index in [2.05, 4.69) is 5.32 Å². The molecular formula is C19H18F3N3O3.